The molecule has 0 radical (unpaired) electrons. The van der Waals surface area contributed by atoms with E-state index < -0.39 is 5.41 Å². The number of benzene rings is 6. The van der Waals surface area contributed by atoms with Gasteiger partial charge in [0.15, 0.2) is 0 Å². The average Bonchev–Trinajstić information content (AvgIpc) is 3.50. The topological polar surface area (TPSA) is 12.5 Å². The molecule has 2 nitrogen and oxygen atoms in total. The van der Waals surface area contributed by atoms with Gasteiger partial charge in [-0.15, -0.1) is 0 Å². The van der Waals surface area contributed by atoms with E-state index in [0.717, 1.165) is 57.9 Å². The Kier molecular flexibility index (Phi) is 7.71. The lowest BCUT2D eigenvalue weighted by atomic mass is 9.65. The van der Waals surface area contributed by atoms with E-state index in [4.69, 9.17) is 11.3 Å². The third-order valence-corrected chi connectivity index (χ3v) is 10.5. The van der Waals surface area contributed by atoms with E-state index in [2.05, 4.69) is 163 Å². The highest BCUT2D eigenvalue weighted by Gasteiger charge is 2.47. The number of nitrogens with zero attached hydrogens (tertiary/aromatic N) is 1. The summed E-state index contributed by atoms with van der Waals surface area (Å²) in [4.78, 5) is 2.39. The standard InChI is InChI=1S/C49H37NO/c1-35-40-24-13-16-30-48(40)51-33-17-29-46(35)50(47-28-15-12-25-41(47)36-18-5-2-6-19-36)39-31-32-43-42-26-11-14-27-44(42)49(45(43)34-39,37-20-7-3-8-21-37)38-22-9-4-10-23-38/h2-9,11-22,24-34H,1,10,23H2/b33-17-,46-29+. The second kappa shape index (κ2) is 12.8. The van der Waals surface area contributed by atoms with Crippen molar-refractivity contribution in [3.8, 4) is 28.0 Å². The number of para-hydroxylation sites is 2. The van der Waals surface area contributed by atoms with Crippen molar-refractivity contribution in [3.05, 3.63) is 228 Å². The van der Waals surface area contributed by atoms with Crippen molar-refractivity contribution in [1.82, 2.24) is 0 Å². The Labute approximate surface area is 300 Å². The molecule has 1 heterocycles. The number of hydrogen-bond acceptors (Lipinski definition) is 2. The number of ether oxygens (including phenoxy) is 1. The molecule has 0 bridgehead atoms. The molecule has 0 N–H and O–H groups in total. The van der Waals surface area contributed by atoms with E-state index in [9.17, 15) is 0 Å². The third-order valence-electron chi connectivity index (χ3n) is 10.5. The molecule has 51 heavy (non-hydrogen) atoms. The molecule has 9 rings (SSSR count). The van der Waals surface area contributed by atoms with Gasteiger partial charge < -0.3 is 9.64 Å². The van der Waals surface area contributed by atoms with Crippen LogP contribution >= 0.6 is 0 Å². The van der Waals surface area contributed by atoms with Crippen LogP contribution in [0.5, 0.6) is 5.75 Å². The van der Waals surface area contributed by atoms with Gasteiger partial charge in [0, 0.05) is 22.4 Å². The number of anilines is 2. The third kappa shape index (κ3) is 5.03. The Bertz CT molecular complexity index is 2410. The Hall–Kier alpha value is -6.38. The normalized spacial score (nSPS) is 18.9. The summed E-state index contributed by atoms with van der Waals surface area (Å²) in [5.41, 5.74) is 14.7. The van der Waals surface area contributed by atoms with Crippen molar-refractivity contribution < 1.29 is 4.74 Å². The highest BCUT2D eigenvalue weighted by Crippen LogP contribution is 2.58. The molecule has 2 heteroatoms. The first-order valence-electron chi connectivity index (χ1n) is 17.7. The molecule has 1 aliphatic heterocycles. The maximum atomic E-state index is 6.05. The van der Waals surface area contributed by atoms with Crippen LogP contribution in [0.3, 0.4) is 0 Å². The molecule has 6 aromatic carbocycles. The zero-order valence-electron chi connectivity index (χ0n) is 28.4. The predicted octanol–water partition coefficient (Wildman–Crippen LogP) is 12.6. The summed E-state index contributed by atoms with van der Waals surface area (Å²) in [6.07, 6.45) is 14.8. The summed E-state index contributed by atoms with van der Waals surface area (Å²) in [5, 5.41) is 0. The summed E-state index contributed by atoms with van der Waals surface area (Å²) in [7, 11) is 0. The minimum atomic E-state index is -0.439. The molecule has 244 valence electrons. The molecule has 3 aliphatic rings. The van der Waals surface area contributed by atoms with Gasteiger partial charge in [0.05, 0.1) is 23.1 Å². The van der Waals surface area contributed by atoms with Crippen molar-refractivity contribution in [1.29, 1.82) is 0 Å². The van der Waals surface area contributed by atoms with Crippen molar-refractivity contribution in [2.75, 3.05) is 4.90 Å². The molecule has 1 unspecified atom stereocenters. The molecule has 0 spiro atoms. The van der Waals surface area contributed by atoms with Crippen LogP contribution in [0.1, 0.15) is 35.1 Å². The van der Waals surface area contributed by atoms with Crippen LogP contribution in [0.25, 0.3) is 27.8 Å². The van der Waals surface area contributed by atoms with Gasteiger partial charge >= 0.3 is 0 Å². The smallest absolute Gasteiger partial charge is 0.134 e. The number of allylic oxidation sites excluding steroid dienone is 7. The van der Waals surface area contributed by atoms with E-state index in [1.165, 1.54) is 33.4 Å². The molecule has 0 saturated heterocycles. The lowest BCUT2D eigenvalue weighted by Gasteiger charge is -2.38. The summed E-state index contributed by atoms with van der Waals surface area (Å²) in [6.45, 7) is 4.73. The zero-order valence-corrected chi connectivity index (χ0v) is 28.4. The minimum Gasteiger partial charge on any atom is -0.464 e. The fraction of sp³-hybridized carbons (Fsp3) is 0.0612. The highest BCUT2D eigenvalue weighted by atomic mass is 16.5. The van der Waals surface area contributed by atoms with Gasteiger partial charge in [0.25, 0.3) is 0 Å². The first-order chi connectivity index (χ1) is 25.2. The maximum Gasteiger partial charge on any atom is 0.134 e. The Balaban J connectivity index is 1.34. The molecule has 6 aromatic rings. The lowest BCUT2D eigenvalue weighted by molar-refractivity contribution is 0.479. The summed E-state index contributed by atoms with van der Waals surface area (Å²) < 4.78 is 6.05. The SMILES string of the molecule is C=C1/C(N(c2ccc3c(c2)C(C2=CC=CCC2)(c2ccccc2)c2ccccc2-3)c2ccccc2-c2ccccc2)=C\C=C/Oc2ccccc21. The van der Waals surface area contributed by atoms with Crippen LogP contribution in [0, 0.1) is 0 Å². The summed E-state index contributed by atoms with van der Waals surface area (Å²) in [5.74, 6) is 0.783. The molecule has 0 aromatic heterocycles. The van der Waals surface area contributed by atoms with Gasteiger partial charge in [0.1, 0.15) is 5.75 Å². The number of hydrogen-bond donors (Lipinski definition) is 0. The van der Waals surface area contributed by atoms with Crippen LogP contribution in [-0.2, 0) is 5.41 Å². The van der Waals surface area contributed by atoms with Crippen LogP contribution in [0.2, 0.25) is 0 Å². The van der Waals surface area contributed by atoms with Gasteiger partial charge in [-0.1, -0.05) is 158 Å². The van der Waals surface area contributed by atoms with E-state index in [-0.39, 0.29) is 0 Å². The fourth-order valence-corrected chi connectivity index (χ4v) is 8.30. The highest BCUT2D eigenvalue weighted by molar-refractivity contribution is 5.95. The molecule has 1 atom stereocenters. The van der Waals surface area contributed by atoms with Crippen LogP contribution in [0.15, 0.2) is 206 Å². The second-order valence-electron chi connectivity index (χ2n) is 13.2. The average molecular weight is 656 g/mol. The van der Waals surface area contributed by atoms with Gasteiger partial charge in [-0.2, -0.15) is 0 Å². The van der Waals surface area contributed by atoms with Gasteiger partial charge in [-0.05, 0) is 82.6 Å². The first-order valence-corrected chi connectivity index (χ1v) is 17.7. The van der Waals surface area contributed by atoms with Crippen LogP contribution in [0.4, 0.5) is 11.4 Å². The molecular weight excluding hydrogens is 619 g/mol. The summed E-state index contributed by atoms with van der Waals surface area (Å²) in [6, 6.07) is 54.6. The maximum absolute atomic E-state index is 6.05. The van der Waals surface area contributed by atoms with E-state index >= 15 is 0 Å². The lowest BCUT2D eigenvalue weighted by Crippen LogP contribution is -2.30. The van der Waals surface area contributed by atoms with Crippen LogP contribution < -0.4 is 9.64 Å². The van der Waals surface area contributed by atoms with Gasteiger partial charge in [0.2, 0.25) is 0 Å². The second-order valence-corrected chi connectivity index (χ2v) is 13.2. The van der Waals surface area contributed by atoms with Crippen molar-refractivity contribution >= 4 is 16.9 Å². The number of fused-ring (bicyclic) bond motifs is 4. The van der Waals surface area contributed by atoms with Gasteiger partial charge in [-0.3, -0.25) is 0 Å². The molecule has 0 saturated carbocycles. The Morgan fingerprint density at radius 1 is 0.588 bits per heavy atom. The van der Waals surface area contributed by atoms with E-state index in [1.807, 2.05) is 24.3 Å². The molecule has 2 aliphatic carbocycles. The largest absolute Gasteiger partial charge is 0.464 e. The fourth-order valence-electron chi connectivity index (χ4n) is 8.30. The first kappa shape index (κ1) is 30.7. The summed E-state index contributed by atoms with van der Waals surface area (Å²) >= 11 is 0. The zero-order chi connectivity index (χ0) is 34.2. The van der Waals surface area contributed by atoms with E-state index in [0.29, 0.717) is 0 Å². The van der Waals surface area contributed by atoms with Crippen molar-refractivity contribution in [2.24, 2.45) is 0 Å². The monoisotopic (exact) mass is 655 g/mol. The van der Waals surface area contributed by atoms with Crippen molar-refractivity contribution in [3.63, 3.8) is 0 Å². The Morgan fingerprint density at radius 3 is 2.08 bits per heavy atom. The van der Waals surface area contributed by atoms with E-state index in [1.54, 1.807) is 6.26 Å². The number of rotatable bonds is 6. The van der Waals surface area contributed by atoms with Gasteiger partial charge in [-0.25, -0.2) is 0 Å². The molecule has 0 fully saturated rings. The van der Waals surface area contributed by atoms with Crippen molar-refractivity contribution in [2.45, 2.75) is 18.3 Å². The quantitative estimate of drug-likeness (QED) is 0.177. The molecular formula is C49H37NO. The minimum absolute atomic E-state index is 0.439. The predicted molar refractivity (Wildman–Crippen MR) is 212 cm³/mol. The Morgan fingerprint density at radius 2 is 1.27 bits per heavy atom. The molecule has 0 amide bonds. The van der Waals surface area contributed by atoms with Crippen LogP contribution in [-0.4, -0.2) is 0 Å².